The predicted molar refractivity (Wildman–Crippen MR) is 69.4 cm³/mol. The molecule has 2 rings (SSSR count). The molecule has 1 aromatic heterocycles. The number of nitrogens with one attached hydrogen (secondary N) is 1. The Hall–Kier alpha value is -1.66. The molecular weight excluding hydrogens is 269 g/mol. The SMILES string of the molecule is O=S(=O)(Cc1ccc(F)cc1)NCCc1ccco1. The van der Waals surface area contributed by atoms with Gasteiger partial charge in [-0.3, -0.25) is 0 Å². The van der Waals surface area contributed by atoms with Crippen LogP contribution < -0.4 is 4.72 Å². The fourth-order valence-electron chi connectivity index (χ4n) is 1.64. The van der Waals surface area contributed by atoms with Gasteiger partial charge in [0.05, 0.1) is 12.0 Å². The highest BCUT2D eigenvalue weighted by Gasteiger charge is 2.11. The van der Waals surface area contributed by atoms with Crippen molar-refractivity contribution in [2.45, 2.75) is 12.2 Å². The third-order valence-corrected chi connectivity index (χ3v) is 3.90. The zero-order valence-corrected chi connectivity index (χ0v) is 11.0. The Labute approximate surface area is 111 Å². The Morgan fingerprint density at radius 3 is 2.53 bits per heavy atom. The Morgan fingerprint density at radius 1 is 1.16 bits per heavy atom. The van der Waals surface area contributed by atoms with E-state index in [0.717, 1.165) is 5.76 Å². The van der Waals surface area contributed by atoms with Crippen molar-refractivity contribution in [1.29, 1.82) is 0 Å². The van der Waals surface area contributed by atoms with Gasteiger partial charge in [-0.15, -0.1) is 0 Å². The number of sulfonamides is 1. The van der Waals surface area contributed by atoms with Crippen molar-refractivity contribution >= 4 is 10.0 Å². The zero-order chi connectivity index (χ0) is 13.7. The van der Waals surface area contributed by atoms with Gasteiger partial charge < -0.3 is 4.42 Å². The van der Waals surface area contributed by atoms with Crippen molar-refractivity contribution in [2.75, 3.05) is 6.54 Å². The summed E-state index contributed by atoms with van der Waals surface area (Å²) in [5, 5.41) is 0. The lowest BCUT2D eigenvalue weighted by molar-refractivity contribution is 0.506. The predicted octanol–water partition coefficient (Wildman–Crippen LogP) is 2.08. The van der Waals surface area contributed by atoms with Crippen LogP contribution in [0.1, 0.15) is 11.3 Å². The summed E-state index contributed by atoms with van der Waals surface area (Å²) in [6, 6.07) is 8.94. The Balaban J connectivity index is 1.86. The number of hydrogen-bond acceptors (Lipinski definition) is 3. The first-order valence-electron chi connectivity index (χ1n) is 5.79. The molecule has 0 amide bonds. The van der Waals surface area contributed by atoms with Gasteiger partial charge in [0.15, 0.2) is 0 Å². The van der Waals surface area contributed by atoms with Crippen LogP contribution in [0.3, 0.4) is 0 Å². The molecule has 4 nitrogen and oxygen atoms in total. The van der Waals surface area contributed by atoms with Crippen LogP contribution in [0.5, 0.6) is 0 Å². The molecular formula is C13H14FNO3S. The molecule has 0 atom stereocenters. The molecule has 1 N–H and O–H groups in total. The Morgan fingerprint density at radius 2 is 1.89 bits per heavy atom. The van der Waals surface area contributed by atoms with Gasteiger partial charge in [-0.05, 0) is 29.8 Å². The minimum atomic E-state index is -3.41. The van der Waals surface area contributed by atoms with Gasteiger partial charge in [-0.1, -0.05) is 12.1 Å². The normalized spacial score (nSPS) is 11.6. The second kappa shape index (κ2) is 5.99. The van der Waals surface area contributed by atoms with Crippen molar-refractivity contribution in [3.05, 3.63) is 59.8 Å². The summed E-state index contributed by atoms with van der Waals surface area (Å²) in [5.74, 6) is 0.183. The Bertz CT molecular complexity index is 606. The average molecular weight is 283 g/mol. The second-order valence-corrected chi connectivity index (χ2v) is 5.92. The summed E-state index contributed by atoms with van der Waals surface area (Å²) in [4.78, 5) is 0. The van der Waals surface area contributed by atoms with E-state index >= 15 is 0 Å². The Kier molecular flexibility index (Phi) is 4.34. The molecule has 0 saturated heterocycles. The maximum atomic E-state index is 12.7. The van der Waals surface area contributed by atoms with Crippen LogP contribution in [-0.4, -0.2) is 15.0 Å². The van der Waals surface area contributed by atoms with Crippen LogP contribution in [0.2, 0.25) is 0 Å². The van der Waals surface area contributed by atoms with Crippen LogP contribution >= 0.6 is 0 Å². The molecule has 0 aliphatic heterocycles. The molecule has 6 heteroatoms. The standard InChI is InChI=1S/C13H14FNO3S/c14-12-5-3-11(4-6-12)10-19(16,17)15-8-7-13-2-1-9-18-13/h1-6,9,15H,7-8,10H2. The van der Waals surface area contributed by atoms with Crippen molar-refractivity contribution in [2.24, 2.45) is 0 Å². The molecule has 0 aliphatic carbocycles. The van der Waals surface area contributed by atoms with Gasteiger partial charge >= 0.3 is 0 Å². The van der Waals surface area contributed by atoms with E-state index in [4.69, 9.17) is 4.42 Å². The van der Waals surface area contributed by atoms with E-state index < -0.39 is 10.0 Å². The third kappa shape index (κ3) is 4.50. The molecule has 0 saturated carbocycles. The van der Waals surface area contributed by atoms with E-state index in [1.807, 2.05) is 0 Å². The smallest absolute Gasteiger partial charge is 0.215 e. The molecule has 1 heterocycles. The second-order valence-electron chi connectivity index (χ2n) is 4.11. The van der Waals surface area contributed by atoms with Crippen molar-refractivity contribution < 1.29 is 17.2 Å². The maximum absolute atomic E-state index is 12.7. The summed E-state index contributed by atoms with van der Waals surface area (Å²) >= 11 is 0. The number of rotatable bonds is 6. The number of benzene rings is 1. The van der Waals surface area contributed by atoms with Gasteiger partial charge in [-0.2, -0.15) is 0 Å². The molecule has 0 aliphatic rings. The number of hydrogen-bond donors (Lipinski definition) is 1. The van der Waals surface area contributed by atoms with Gasteiger partial charge in [0.2, 0.25) is 10.0 Å². The van der Waals surface area contributed by atoms with Gasteiger partial charge in [0.25, 0.3) is 0 Å². The van der Waals surface area contributed by atoms with Crippen LogP contribution in [0, 0.1) is 5.82 Å². The minimum Gasteiger partial charge on any atom is -0.469 e. The first-order chi connectivity index (χ1) is 9.05. The van der Waals surface area contributed by atoms with Crippen LogP contribution in [-0.2, 0) is 22.2 Å². The number of halogens is 1. The maximum Gasteiger partial charge on any atom is 0.215 e. The highest BCUT2D eigenvalue weighted by molar-refractivity contribution is 7.88. The number of furan rings is 1. The first kappa shape index (κ1) is 13.8. The van der Waals surface area contributed by atoms with Gasteiger partial charge in [-0.25, -0.2) is 17.5 Å². The van der Waals surface area contributed by atoms with Crippen molar-refractivity contribution in [3.63, 3.8) is 0 Å². The molecule has 0 unspecified atom stereocenters. The molecule has 0 fully saturated rings. The van der Waals surface area contributed by atoms with Crippen molar-refractivity contribution in [1.82, 2.24) is 4.72 Å². The minimum absolute atomic E-state index is 0.161. The van der Waals surface area contributed by atoms with E-state index in [1.54, 1.807) is 18.4 Å². The quantitative estimate of drug-likeness (QED) is 0.883. The molecule has 1 aromatic carbocycles. The first-order valence-corrected chi connectivity index (χ1v) is 7.44. The van der Waals surface area contributed by atoms with E-state index in [9.17, 15) is 12.8 Å². The fourth-order valence-corrected chi connectivity index (χ4v) is 2.78. The van der Waals surface area contributed by atoms with Gasteiger partial charge in [0.1, 0.15) is 11.6 Å². The third-order valence-electron chi connectivity index (χ3n) is 2.54. The average Bonchev–Trinajstić information content (AvgIpc) is 2.85. The largest absolute Gasteiger partial charge is 0.469 e. The van der Waals surface area contributed by atoms with E-state index in [1.165, 1.54) is 24.3 Å². The highest BCUT2D eigenvalue weighted by atomic mass is 32.2. The van der Waals surface area contributed by atoms with Crippen molar-refractivity contribution in [3.8, 4) is 0 Å². The lowest BCUT2D eigenvalue weighted by Gasteiger charge is -2.06. The molecule has 0 bridgehead atoms. The lowest BCUT2D eigenvalue weighted by atomic mass is 10.2. The van der Waals surface area contributed by atoms with Crippen LogP contribution in [0.25, 0.3) is 0 Å². The van der Waals surface area contributed by atoms with E-state index in [-0.39, 0.29) is 18.1 Å². The van der Waals surface area contributed by atoms with E-state index in [0.29, 0.717) is 12.0 Å². The topological polar surface area (TPSA) is 59.3 Å². The highest BCUT2D eigenvalue weighted by Crippen LogP contribution is 2.07. The van der Waals surface area contributed by atoms with Crippen LogP contribution in [0.15, 0.2) is 47.1 Å². The molecule has 2 aromatic rings. The van der Waals surface area contributed by atoms with E-state index in [2.05, 4.69) is 4.72 Å². The summed E-state index contributed by atoms with van der Waals surface area (Å²) in [6.07, 6.45) is 2.04. The zero-order valence-electron chi connectivity index (χ0n) is 10.2. The van der Waals surface area contributed by atoms with Gasteiger partial charge in [0, 0.05) is 13.0 Å². The van der Waals surface area contributed by atoms with Crippen LogP contribution in [0.4, 0.5) is 4.39 Å². The molecule has 0 radical (unpaired) electrons. The molecule has 102 valence electrons. The monoisotopic (exact) mass is 283 g/mol. The fraction of sp³-hybridized carbons (Fsp3) is 0.231. The molecule has 19 heavy (non-hydrogen) atoms. The summed E-state index contributed by atoms with van der Waals surface area (Å²) in [6.45, 7) is 0.275. The summed E-state index contributed by atoms with van der Waals surface area (Å²) < 4.78 is 43.8. The lowest BCUT2D eigenvalue weighted by Crippen LogP contribution is -2.27. The summed E-state index contributed by atoms with van der Waals surface area (Å²) in [5.41, 5.74) is 0.548. The molecule has 0 spiro atoms. The summed E-state index contributed by atoms with van der Waals surface area (Å²) in [7, 11) is -3.41.